The van der Waals surface area contributed by atoms with Gasteiger partial charge in [-0.2, -0.15) is 0 Å². The summed E-state index contributed by atoms with van der Waals surface area (Å²) in [4.78, 5) is 40.7. The van der Waals surface area contributed by atoms with Gasteiger partial charge < -0.3 is 20.5 Å². The van der Waals surface area contributed by atoms with Gasteiger partial charge in [-0.05, 0) is 36.0 Å². The maximum Gasteiger partial charge on any atom is 0.408 e. The molecule has 0 saturated carbocycles. The highest BCUT2D eigenvalue weighted by Crippen LogP contribution is 2.39. The molecule has 3 amide bonds. The Morgan fingerprint density at radius 3 is 2.63 bits per heavy atom. The van der Waals surface area contributed by atoms with Crippen LogP contribution in [0.4, 0.5) is 14.9 Å². The molecule has 0 aliphatic carbocycles. The summed E-state index contributed by atoms with van der Waals surface area (Å²) in [5, 5.41) is 15.3. The molecule has 2 aromatic rings. The molecule has 0 bridgehead atoms. The van der Waals surface area contributed by atoms with E-state index in [-0.39, 0.29) is 6.61 Å². The Kier molecular flexibility index (Phi) is 7.65. The van der Waals surface area contributed by atoms with Crippen LogP contribution in [0.1, 0.15) is 36.5 Å². The van der Waals surface area contributed by atoms with Crippen LogP contribution in [0.5, 0.6) is 0 Å². The molecule has 0 saturated heterocycles. The number of aliphatic hydroxyl groups is 1. The molecule has 9 heteroatoms. The van der Waals surface area contributed by atoms with Crippen LogP contribution in [0.3, 0.4) is 0 Å². The van der Waals surface area contributed by atoms with Crippen LogP contribution >= 0.6 is 0 Å². The van der Waals surface area contributed by atoms with E-state index in [0.29, 0.717) is 31.4 Å². The molecule has 3 N–H and O–H groups in total. The second-order valence-corrected chi connectivity index (χ2v) is 8.90. The van der Waals surface area contributed by atoms with Crippen molar-refractivity contribution in [1.82, 2.24) is 10.6 Å². The van der Waals surface area contributed by atoms with Gasteiger partial charge in [0.25, 0.3) is 0 Å². The number of aliphatic hydroxyl groups excluding tert-OH is 1. The smallest absolute Gasteiger partial charge is 0.408 e. The molecular formula is C26H30FN3O5. The maximum atomic E-state index is 13.6. The molecule has 4 atom stereocenters. The third kappa shape index (κ3) is 5.30. The molecule has 0 aromatic heterocycles. The Balaban J connectivity index is 1.51. The first kappa shape index (κ1) is 24.7. The van der Waals surface area contributed by atoms with E-state index in [0.717, 1.165) is 16.7 Å². The van der Waals surface area contributed by atoms with Crippen molar-refractivity contribution in [1.29, 1.82) is 0 Å². The fourth-order valence-corrected chi connectivity index (χ4v) is 4.74. The number of ether oxygens (including phenoxy) is 1. The van der Waals surface area contributed by atoms with E-state index in [1.807, 2.05) is 48.5 Å². The Bertz CT molecular complexity index is 1080. The van der Waals surface area contributed by atoms with Gasteiger partial charge in [-0.25, -0.2) is 9.18 Å². The summed E-state index contributed by atoms with van der Waals surface area (Å²) in [5.41, 5.74) is 3.30. The fourth-order valence-electron chi connectivity index (χ4n) is 4.74. The van der Waals surface area contributed by atoms with Crippen LogP contribution in [0, 0.1) is 0 Å². The summed E-state index contributed by atoms with van der Waals surface area (Å²) >= 11 is 0. The lowest BCUT2D eigenvalue weighted by atomic mass is 10.0. The summed E-state index contributed by atoms with van der Waals surface area (Å²) in [6.07, 6.45) is -0.492. The van der Waals surface area contributed by atoms with E-state index >= 15 is 0 Å². The lowest BCUT2D eigenvalue weighted by Gasteiger charge is -2.29. The number of amides is 3. The molecule has 0 spiro atoms. The molecular weight excluding hydrogens is 453 g/mol. The number of benzene rings is 2. The topological polar surface area (TPSA) is 108 Å². The molecule has 8 nitrogen and oxygen atoms in total. The number of nitrogens with zero attached hydrogens (tertiary/aromatic N) is 1. The molecule has 4 rings (SSSR count). The average molecular weight is 484 g/mol. The lowest BCUT2D eigenvalue weighted by Crippen LogP contribution is -2.56. The largest absolute Gasteiger partial charge is 0.445 e. The zero-order valence-electron chi connectivity index (χ0n) is 19.6. The Morgan fingerprint density at radius 1 is 1.17 bits per heavy atom. The zero-order valence-corrected chi connectivity index (χ0v) is 19.6. The van der Waals surface area contributed by atoms with Gasteiger partial charge in [0.05, 0.1) is 11.7 Å². The maximum absolute atomic E-state index is 13.6. The monoisotopic (exact) mass is 483 g/mol. The Morgan fingerprint density at radius 2 is 1.91 bits per heavy atom. The van der Waals surface area contributed by atoms with Crippen molar-refractivity contribution < 1.29 is 28.6 Å². The third-order valence-electron chi connectivity index (χ3n) is 6.60. The van der Waals surface area contributed by atoms with Crippen molar-refractivity contribution in [2.24, 2.45) is 0 Å². The predicted molar refractivity (Wildman–Crippen MR) is 127 cm³/mol. The van der Waals surface area contributed by atoms with Crippen molar-refractivity contribution in [2.45, 2.75) is 63.4 Å². The van der Waals surface area contributed by atoms with Crippen LogP contribution in [0.25, 0.3) is 0 Å². The SMILES string of the molecule is CCC(NC(=O)C1Cc2cccc3c2N1C(=O)[C@@H](NC(=O)OCc1ccccc1)CC3)C(O)CF. The van der Waals surface area contributed by atoms with Gasteiger partial charge in [0.1, 0.15) is 31.5 Å². The van der Waals surface area contributed by atoms with Crippen molar-refractivity contribution in [3.8, 4) is 0 Å². The summed E-state index contributed by atoms with van der Waals surface area (Å²) in [7, 11) is 0. The molecule has 3 unspecified atom stereocenters. The van der Waals surface area contributed by atoms with Crippen LogP contribution in [-0.2, 0) is 33.8 Å². The number of nitrogens with one attached hydrogen (secondary N) is 2. The molecule has 2 aliphatic heterocycles. The first-order valence-electron chi connectivity index (χ1n) is 11.9. The molecule has 2 aromatic carbocycles. The second-order valence-electron chi connectivity index (χ2n) is 8.90. The van der Waals surface area contributed by atoms with Gasteiger partial charge in [-0.15, -0.1) is 0 Å². The Hall–Kier alpha value is -3.46. The van der Waals surface area contributed by atoms with Gasteiger partial charge in [0.2, 0.25) is 11.8 Å². The minimum absolute atomic E-state index is 0.0714. The minimum Gasteiger partial charge on any atom is -0.445 e. The summed E-state index contributed by atoms with van der Waals surface area (Å²) in [6.45, 7) is 0.832. The van der Waals surface area contributed by atoms with Crippen molar-refractivity contribution in [3.05, 3.63) is 65.2 Å². The fraction of sp³-hybridized carbons (Fsp3) is 0.423. The number of rotatable bonds is 8. The van der Waals surface area contributed by atoms with E-state index in [4.69, 9.17) is 4.74 Å². The average Bonchev–Trinajstić information content (AvgIpc) is 3.22. The number of carbonyl (C=O) groups excluding carboxylic acids is 3. The first-order valence-corrected chi connectivity index (χ1v) is 11.9. The summed E-state index contributed by atoms with van der Waals surface area (Å²) in [6, 6.07) is 12.4. The number of para-hydroxylation sites is 1. The molecule has 2 aliphatic rings. The lowest BCUT2D eigenvalue weighted by molar-refractivity contribution is -0.128. The normalized spacial score (nSPS) is 20.4. The number of carbonyl (C=O) groups is 3. The summed E-state index contributed by atoms with van der Waals surface area (Å²) < 4.78 is 18.3. The quantitative estimate of drug-likeness (QED) is 0.535. The van der Waals surface area contributed by atoms with Crippen LogP contribution in [-0.4, -0.2) is 53.9 Å². The first-order chi connectivity index (χ1) is 16.9. The minimum atomic E-state index is -1.32. The standard InChI is InChI=1S/C26H30FN3O5/c1-2-19(22(31)14-27)28-24(32)21-13-18-10-6-9-17-11-12-20(25(33)30(21)23(17)18)29-26(34)35-15-16-7-4-3-5-8-16/h3-10,19-22,31H,2,11-15H2,1H3,(H,28,32)(H,29,34)/t19?,20-,21?,22?/m0/s1. The van der Waals surface area contributed by atoms with Crippen LogP contribution in [0.2, 0.25) is 0 Å². The van der Waals surface area contributed by atoms with Gasteiger partial charge in [-0.1, -0.05) is 55.5 Å². The second kappa shape index (κ2) is 10.9. The van der Waals surface area contributed by atoms with E-state index in [1.165, 1.54) is 4.90 Å². The van der Waals surface area contributed by atoms with Crippen molar-refractivity contribution in [2.75, 3.05) is 11.6 Å². The van der Waals surface area contributed by atoms with Gasteiger partial charge in [0, 0.05) is 6.42 Å². The van der Waals surface area contributed by atoms with Crippen LogP contribution < -0.4 is 15.5 Å². The number of anilines is 1. The van der Waals surface area contributed by atoms with Gasteiger partial charge in [-0.3, -0.25) is 14.5 Å². The molecule has 35 heavy (non-hydrogen) atoms. The number of aryl methyl sites for hydroxylation is 1. The molecule has 0 fully saturated rings. The highest BCUT2D eigenvalue weighted by atomic mass is 19.1. The van der Waals surface area contributed by atoms with Crippen molar-refractivity contribution in [3.63, 3.8) is 0 Å². The van der Waals surface area contributed by atoms with Gasteiger partial charge in [0.15, 0.2) is 0 Å². The number of alkyl halides is 1. The molecule has 186 valence electrons. The van der Waals surface area contributed by atoms with Gasteiger partial charge >= 0.3 is 6.09 Å². The number of hydrogen-bond acceptors (Lipinski definition) is 5. The Labute approximate surface area is 203 Å². The number of hydrogen-bond donors (Lipinski definition) is 3. The highest BCUT2D eigenvalue weighted by Gasteiger charge is 2.44. The van der Waals surface area contributed by atoms with E-state index < -0.39 is 48.8 Å². The predicted octanol–water partition coefficient (Wildman–Crippen LogP) is 2.41. The van der Waals surface area contributed by atoms with Crippen molar-refractivity contribution >= 4 is 23.6 Å². The summed E-state index contributed by atoms with van der Waals surface area (Å²) in [5.74, 6) is -0.864. The third-order valence-corrected chi connectivity index (χ3v) is 6.60. The van der Waals surface area contributed by atoms with E-state index in [1.54, 1.807) is 6.92 Å². The zero-order chi connectivity index (χ0) is 24.9. The molecule has 2 heterocycles. The van der Waals surface area contributed by atoms with E-state index in [2.05, 4.69) is 10.6 Å². The number of alkyl carbamates (subject to hydrolysis) is 1. The van der Waals surface area contributed by atoms with E-state index in [9.17, 15) is 23.9 Å². The van der Waals surface area contributed by atoms with Crippen LogP contribution in [0.15, 0.2) is 48.5 Å². The highest BCUT2D eigenvalue weighted by molar-refractivity contribution is 6.07. The molecule has 0 radical (unpaired) electrons. The number of halogens is 1.